The molecular weight excluding hydrogens is 248 g/mol. The lowest BCUT2D eigenvalue weighted by atomic mass is 10.0. The number of rotatable bonds is 0. The summed E-state index contributed by atoms with van der Waals surface area (Å²) >= 11 is 0. The zero-order valence-corrected chi connectivity index (χ0v) is 12.0. The maximum absolute atomic E-state index is 12.2. The quantitative estimate of drug-likeness (QED) is 0.700. The summed E-state index contributed by atoms with van der Waals surface area (Å²) in [5, 5.41) is 3.30. The molecule has 6 heteroatoms. The van der Waals surface area contributed by atoms with E-state index in [0.29, 0.717) is 39.5 Å². The molecule has 0 unspecified atom stereocenters. The van der Waals surface area contributed by atoms with Crippen molar-refractivity contribution in [3.8, 4) is 0 Å². The number of morpholine rings is 1. The van der Waals surface area contributed by atoms with E-state index in [1.165, 1.54) is 0 Å². The van der Waals surface area contributed by atoms with Crippen LogP contribution in [0.25, 0.3) is 0 Å². The zero-order valence-electron chi connectivity index (χ0n) is 12.0. The third-order valence-electron chi connectivity index (χ3n) is 3.14. The number of carbonyl (C=O) groups is 1. The maximum Gasteiger partial charge on any atom is 0.410 e. The van der Waals surface area contributed by atoms with Crippen LogP contribution in [0.15, 0.2) is 0 Å². The van der Waals surface area contributed by atoms with Crippen molar-refractivity contribution < 1.29 is 19.0 Å². The van der Waals surface area contributed by atoms with Crippen molar-refractivity contribution in [3.63, 3.8) is 0 Å². The molecule has 1 N–H and O–H groups in total. The number of hydrogen-bond donors (Lipinski definition) is 1. The van der Waals surface area contributed by atoms with Gasteiger partial charge < -0.3 is 24.4 Å². The molecule has 0 aliphatic carbocycles. The SMILES string of the molecule is CC(C)(C)OC(=O)N1CCOC[C@]2(CNCCO2)C1. The first kappa shape index (κ1) is 14.6. The van der Waals surface area contributed by atoms with Crippen LogP contribution in [0.5, 0.6) is 0 Å². The van der Waals surface area contributed by atoms with Gasteiger partial charge in [-0.25, -0.2) is 4.79 Å². The third kappa shape index (κ3) is 4.06. The number of amides is 1. The average Bonchev–Trinajstić information content (AvgIpc) is 2.51. The van der Waals surface area contributed by atoms with Crippen LogP contribution in [0.1, 0.15) is 20.8 Å². The Labute approximate surface area is 114 Å². The van der Waals surface area contributed by atoms with Crippen LogP contribution < -0.4 is 5.32 Å². The first-order valence-corrected chi connectivity index (χ1v) is 6.81. The van der Waals surface area contributed by atoms with E-state index in [0.717, 1.165) is 6.54 Å². The van der Waals surface area contributed by atoms with Crippen LogP contribution in [0.3, 0.4) is 0 Å². The number of nitrogens with one attached hydrogen (secondary N) is 1. The van der Waals surface area contributed by atoms with Gasteiger partial charge in [0.05, 0.1) is 26.4 Å². The second-order valence-corrected chi connectivity index (χ2v) is 6.16. The van der Waals surface area contributed by atoms with Crippen molar-refractivity contribution >= 4 is 6.09 Å². The molecule has 1 amide bonds. The fourth-order valence-electron chi connectivity index (χ4n) is 2.29. The summed E-state index contributed by atoms with van der Waals surface area (Å²) in [7, 11) is 0. The Morgan fingerprint density at radius 3 is 2.79 bits per heavy atom. The van der Waals surface area contributed by atoms with Crippen molar-refractivity contribution in [2.45, 2.75) is 32.0 Å². The monoisotopic (exact) mass is 272 g/mol. The molecule has 0 bridgehead atoms. The third-order valence-corrected chi connectivity index (χ3v) is 3.14. The predicted octanol–water partition coefficient (Wildman–Crippen LogP) is 0.612. The molecule has 2 rings (SSSR count). The second-order valence-electron chi connectivity index (χ2n) is 6.16. The summed E-state index contributed by atoms with van der Waals surface area (Å²) in [6.45, 7) is 9.87. The topological polar surface area (TPSA) is 60.0 Å². The summed E-state index contributed by atoms with van der Waals surface area (Å²) in [5.74, 6) is 0. The molecule has 2 aliphatic heterocycles. The Morgan fingerprint density at radius 1 is 1.37 bits per heavy atom. The summed E-state index contributed by atoms with van der Waals surface area (Å²) in [6, 6.07) is 0. The fraction of sp³-hybridized carbons (Fsp3) is 0.923. The van der Waals surface area contributed by atoms with E-state index < -0.39 is 11.2 Å². The van der Waals surface area contributed by atoms with Crippen LogP contribution in [0.4, 0.5) is 4.79 Å². The van der Waals surface area contributed by atoms with Gasteiger partial charge in [0.2, 0.25) is 0 Å². The molecule has 2 fully saturated rings. The minimum Gasteiger partial charge on any atom is -0.444 e. The fourth-order valence-corrected chi connectivity index (χ4v) is 2.29. The van der Waals surface area contributed by atoms with E-state index in [1.807, 2.05) is 20.8 Å². The summed E-state index contributed by atoms with van der Waals surface area (Å²) in [5.41, 5.74) is -0.922. The summed E-state index contributed by atoms with van der Waals surface area (Å²) in [6.07, 6.45) is -0.299. The average molecular weight is 272 g/mol. The molecular formula is C13H24N2O4. The Kier molecular flexibility index (Phi) is 4.32. The first-order valence-electron chi connectivity index (χ1n) is 6.81. The molecule has 0 radical (unpaired) electrons. The highest BCUT2D eigenvalue weighted by atomic mass is 16.6. The van der Waals surface area contributed by atoms with Crippen LogP contribution in [0, 0.1) is 0 Å². The van der Waals surface area contributed by atoms with E-state index >= 15 is 0 Å². The van der Waals surface area contributed by atoms with Crippen molar-refractivity contribution in [1.29, 1.82) is 0 Å². The van der Waals surface area contributed by atoms with E-state index in [-0.39, 0.29) is 6.09 Å². The van der Waals surface area contributed by atoms with Gasteiger partial charge in [0.1, 0.15) is 11.2 Å². The van der Waals surface area contributed by atoms with Gasteiger partial charge in [-0.05, 0) is 20.8 Å². The lowest BCUT2D eigenvalue weighted by Gasteiger charge is -2.38. The number of ether oxygens (including phenoxy) is 3. The summed E-state index contributed by atoms with van der Waals surface area (Å²) < 4.78 is 16.9. The molecule has 0 aromatic heterocycles. The predicted molar refractivity (Wildman–Crippen MR) is 70.2 cm³/mol. The highest BCUT2D eigenvalue weighted by molar-refractivity contribution is 5.68. The van der Waals surface area contributed by atoms with Gasteiger partial charge in [0, 0.05) is 19.6 Å². The number of hydrogen-bond acceptors (Lipinski definition) is 5. The molecule has 2 aliphatic rings. The zero-order chi connectivity index (χ0) is 13.9. The molecule has 0 aromatic carbocycles. The molecule has 0 aromatic rings. The lowest BCUT2D eigenvalue weighted by Crippen LogP contribution is -2.58. The normalized spacial score (nSPS) is 29.1. The maximum atomic E-state index is 12.2. The van der Waals surface area contributed by atoms with Gasteiger partial charge in [0.15, 0.2) is 0 Å². The van der Waals surface area contributed by atoms with Crippen molar-refractivity contribution in [2.24, 2.45) is 0 Å². The Hall–Kier alpha value is -0.850. The van der Waals surface area contributed by atoms with Crippen molar-refractivity contribution in [3.05, 3.63) is 0 Å². The molecule has 1 spiro atoms. The van der Waals surface area contributed by atoms with Gasteiger partial charge in [-0.2, -0.15) is 0 Å². The van der Waals surface area contributed by atoms with Crippen LogP contribution >= 0.6 is 0 Å². The van der Waals surface area contributed by atoms with E-state index in [1.54, 1.807) is 4.90 Å². The lowest BCUT2D eigenvalue weighted by molar-refractivity contribution is -0.107. The molecule has 2 saturated heterocycles. The number of nitrogens with zero attached hydrogens (tertiary/aromatic N) is 1. The van der Waals surface area contributed by atoms with E-state index in [9.17, 15) is 4.79 Å². The van der Waals surface area contributed by atoms with Crippen molar-refractivity contribution in [2.75, 3.05) is 46.0 Å². The largest absolute Gasteiger partial charge is 0.444 e. The van der Waals surface area contributed by atoms with Crippen LogP contribution in [-0.2, 0) is 14.2 Å². The van der Waals surface area contributed by atoms with Crippen LogP contribution in [0.2, 0.25) is 0 Å². The Balaban J connectivity index is 2.01. The van der Waals surface area contributed by atoms with E-state index in [2.05, 4.69) is 5.32 Å². The molecule has 2 heterocycles. The molecule has 0 saturated carbocycles. The highest BCUT2D eigenvalue weighted by Gasteiger charge is 2.39. The van der Waals surface area contributed by atoms with Crippen molar-refractivity contribution in [1.82, 2.24) is 10.2 Å². The smallest absolute Gasteiger partial charge is 0.410 e. The first-order chi connectivity index (χ1) is 8.90. The Bertz CT molecular complexity index is 321. The summed E-state index contributed by atoms with van der Waals surface area (Å²) in [4.78, 5) is 13.9. The minimum atomic E-state index is -0.483. The minimum absolute atomic E-state index is 0.299. The highest BCUT2D eigenvalue weighted by Crippen LogP contribution is 2.20. The van der Waals surface area contributed by atoms with Crippen LogP contribution in [-0.4, -0.2) is 68.2 Å². The number of carbonyl (C=O) groups excluding carboxylic acids is 1. The van der Waals surface area contributed by atoms with Gasteiger partial charge in [0.25, 0.3) is 0 Å². The van der Waals surface area contributed by atoms with Gasteiger partial charge in [-0.1, -0.05) is 0 Å². The molecule has 1 atom stereocenters. The standard InChI is InChI=1S/C13H24N2O4/c1-12(2,3)19-11(16)15-5-7-17-10-13(9-15)8-14-4-6-18-13/h14H,4-10H2,1-3H3/t13-/m0/s1. The molecule has 19 heavy (non-hydrogen) atoms. The Morgan fingerprint density at radius 2 is 2.16 bits per heavy atom. The van der Waals surface area contributed by atoms with E-state index in [4.69, 9.17) is 14.2 Å². The molecule has 110 valence electrons. The van der Waals surface area contributed by atoms with Gasteiger partial charge in [-0.3, -0.25) is 0 Å². The molecule has 6 nitrogen and oxygen atoms in total. The second kappa shape index (κ2) is 5.64. The van der Waals surface area contributed by atoms with Gasteiger partial charge in [-0.15, -0.1) is 0 Å². The van der Waals surface area contributed by atoms with Gasteiger partial charge >= 0.3 is 6.09 Å².